The summed E-state index contributed by atoms with van der Waals surface area (Å²) in [5, 5.41) is 14.6. The van der Waals surface area contributed by atoms with Gasteiger partial charge in [0.25, 0.3) is 0 Å². The van der Waals surface area contributed by atoms with Crippen molar-refractivity contribution in [2.45, 2.75) is 77.7 Å². The molecule has 2 N–H and O–H groups in total. The third-order valence-electron chi connectivity index (χ3n) is 7.58. The molecule has 3 aromatic heterocycles. The van der Waals surface area contributed by atoms with E-state index in [0.29, 0.717) is 45.4 Å². The zero-order chi connectivity index (χ0) is 24.1. The van der Waals surface area contributed by atoms with Crippen LogP contribution in [0, 0.1) is 16.7 Å². The molecule has 0 aromatic carbocycles. The van der Waals surface area contributed by atoms with Crippen LogP contribution in [0.4, 0.5) is 10.9 Å². The van der Waals surface area contributed by atoms with E-state index < -0.39 is 5.41 Å². The molecule has 2 atom stereocenters. The number of aromatic nitrogens is 4. The Balaban J connectivity index is 1.48. The first-order valence-electron chi connectivity index (χ1n) is 12.0. The summed E-state index contributed by atoms with van der Waals surface area (Å²) in [6, 6.07) is 4.48. The zero-order valence-corrected chi connectivity index (χ0v) is 21.1. The normalized spacial score (nSPS) is 24.3. The van der Waals surface area contributed by atoms with Crippen molar-refractivity contribution in [1.29, 1.82) is 5.26 Å². The molecule has 0 unspecified atom stereocenters. The minimum Gasteiger partial charge on any atom is -0.389 e. The van der Waals surface area contributed by atoms with Crippen molar-refractivity contribution < 1.29 is 4.52 Å². The summed E-state index contributed by atoms with van der Waals surface area (Å²) >= 11 is 1.50. The fourth-order valence-electron chi connectivity index (χ4n) is 5.29. The molecule has 3 aromatic rings. The smallest absolute Gasteiger partial charge is 0.237 e. The molecule has 5 rings (SSSR count). The number of hydrogen-bond donors (Lipinski definition) is 1. The van der Waals surface area contributed by atoms with E-state index in [9.17, 15) is 5.26 Å². The van der Waals surface area contributed by atoms with Gasteiger partial charge in [-0.1, -0.05) is 19.0 Å². The van der Waals surface area contributed by atoms with Crippen molar-refractivity contribution in [3.05, 3.63) is 34.2 Å². The van der Waals surface area contributed by atoms with Crippen molar-refractivity contribution in [3.8, 4) is 17.6 Å². The van der Waals surface area contributed by atoms with Crippen LogP contribution >= 0.6 is 11.3 Å². The molecule has 1 aliphatic carbocycles. The van der Waals surface area contributed by atoms with Gasteiger partial charge >= 0.3 is 0 Å². The van der Waals surface area contributed by atoms with Gasteiger partial charge in [0.1, 0.15) is 16.8 Å². The summed E-state index contributed by atoms with van der Waals surface area (Å²) in [5.74, 6) is 1.65. The molecule has 0 amide bonds. The number of fused-ring (bicyclic) bond motifs is 1. The molecule has 34 heavy (non-hydrogen) atoms. The lowest BCUT2D eigenvalue weighted by atomic mass is 9.72. The SMILES string of the molecule is C[C@H]1CCC(C)(C)CCN1c1nccc(-c2noc([C@@]3(C)CCCc4sc(N)c(C#N)c43)n2)n1. The van der Waals surface area contributed by atoms with Gasteiger partial charge in [0.05, 0.1) is 11.0 Å². The van der Waals surface area contributed by atoms with Crippen molar-refractivity contribution >= 4 is 22.3 Å². The summed E-state index contributed by atoms with van der Waals surface area (Å²) in [6.45, 7) is 9.90. The molecule has 0 spiro atoms. The summed E-state index contributed by atoms with van der Waals surface area (Å²) in [4.78, 5) is 17.6. The lowest BCUT2D eigenvalue weighted by Gasteiger charge is -2.30. The van der Waals surface area contributed by atoms with E-state index >= 15 is 0 Å². The standard InChI is InChI=1S/C25H31N7OS/c1-15-7-10-24(2,3)11-13-32(15)23-28-12-8-17(29-23)21-30-22(33-31-21)25(4)9-5-6-18-19(25)16(14-26)20(27)34-18/h8,12,15H,5-7,9-11,13,27H2,1-4H3/t15-,25-/m0/s1. The van der Waals surface area contributed by atoms with E-state index in [4.69, 9.17) is 20.2 Å². The van der Waals surface area contributed by atoms with Crippen LogP contribution < -0.4 is 10.6 Å². The first-order chi connectivity index (χ1) is 16.2. The highest BCUT2D eigenvalue weighted by Gasteiger charge is 2.43. The summed E-state index contributed by atoms with van der Waals surface area (Å²) in [6.07, 6.45) is 7.89. The van der Waals surface area contributed by atoms with Crippen LogP contribution in [-0.2, 0) is 11.8 Å². The molecule has 0 saturated carbocycles. The van der Waals surface area contributed by atoms with Crippen molar-refractivity contribution in [2.75, 3.05) is 17.2 Å². The van der Waals surface area contributed by atoms with Crippen molar-refractivity contribution in [3.63, 3.8) is 0 Å². The summed E-state index contributed by atoms with van der Waals surface area (Å²) in [7, 11) is 0. The van der Waals surface area contributed by atoms with Crippen LogP contribution in [0.25, 0.3) is 11.5 Å². The Bertz CT molecular complexity index is 1260. The van der Waals surface area contributed by atoms with E-state index in [1.807, 2.05) is 6.07 Å². The first kappa shape index (κ1) is 22.8. The van der Waals surface area contributed by atoms with Crippen LogP contribution in [0.5, 0.6) is 0 Å². The average Bonchev–Trinajstić information content (AvgIpc) is 3.40. The molecule has 4 heterocycles. The van der Waals surface area contributed by atoms with Crippen molar-refractivity contribution in [1.82, 2.24) is 20.1 Å². The topological polar surface area (TPSA) is 118 Å². The fourth-order valence-corrected chi connectivity index (χ4v) is 6.48. The highest BCUT2D eigenvalue weighted by Crippen LogP contribution is 2.48. The van der Waals surface area contributed by atoms with Crippen LogP contribution in [0.3, 0.4) is 0 Å². The monoisotopic (exact) mass is 477 g/mol. The summed E-state index contributed by atoms with van der Waals surface area (Å²) < 4.78 is 5.80. The lowest BCUT2D eigenvalue weighted by molar-refractivity contribution is 0.300. The number of anilines is 2. The molecule has 0 radical (unpaired) electrons. The maximum atomic E-state index is 9.74. The van der Waals surface area contributed by atoms with Gasteiger partial charge in [0, 0.05) is 29.2 Å². The number of nitrogens with zero attached hydrogens (tertiary/aromatic N) is 6. The third-order valence-corrected chi connectivity index (χ3v) is 8.66. The second-order valence-corrected chi connectivity index (χ2v) is 11.7. The van der Waals surface area contributed by atoms with Crippen molar-refractivity contribution in [2.24, 2.45) is 5.41 Å². The van der Waals surface area contributed by atoms with E-state index in [0.717, 1.165) is 49.1 Å². The van der Waals surface area contributed by atoms with Gasteiger partial charge in [0.15, 0.2) is 0 Å². The highest BCUT2D eigenvalue weighted by atomic mass is 32.1. The third kappa shape index (κ3) is 3.84. The Hall–Kier alpha value is -2.99. The van der Waals surface area contributed by atoms with Crippen LogP contribution in [0.1, 0.15) is 81.7 Å². The predicted molar refractivity (Wildman–Crippen MR) is 133 cm³/mol. The Labute approximate surface area is 204 Å². The Kier molecular flexibility index (Phi) is 5.59. The second kappa shape index (κ2) is 8.35. The highest BCUT2D eigenvalue weighted by molar-refractivity contribution is 7.16. The Morgan fingerprint density at radius 3 is 2.85 bits per heavy atom. The fraction of sp³-hybridized carbons (Fsp3) is 0.560. The molecular formula is C25H31N7OS. The van der Waals surface area contributed by atoms with Gasteiger partial charge in [0.2, 0.25) is 17.7 Å². The number of aryl methyl sites for hydroxylation is 1. The molecule has 9 heteroatoms. The number of hydrogen-bond acceptors (Lipinski definition) is 9. The van der Waals surface area contributed by atoms with Gasteiger partial charge in [-0.25, -0.2) is 9.97 Å². The van der Waals surface area contributed by atoms with E-state index in [1.165, 1.54) is 17.8 Å². The Morgan fingerprint density at radius 2 is 2.06 bits per heavy atom. The first-order valence-corrected chi connectivity index (χ1v) is 12.8. The number of nitrogen functional groups attached to an aromatic ring is 1. The van der Waals surface area contributed by atoms with Gasteiger partial charge in [-0.3, -0.25) is 0 Å². The quantitative estimate of drug-likeness (QED) is 0.554. The van der Waals surface area contributed by atoms with Gasteiger partial charge in [-0.15, -0.1) is 11.3 Å². The minimum atomic E-state index is -0.543. The number of nitrogens with two attached hydrogens (primary N) is 1. The number of thiophene rings is 1. The van der Waals surface area contributed by atoms with E-state index in [2.05, 4.69) is 48.8 Å². The van der Waals surface area contributed by atoms with E-state index in [-0.39, 0.29) is 0 Å². The average molecular weight is 478 g/mol. The van der Waals surface area contributed by atoms with Gasteiger partial charge < -0.3 is 15.2 Å². The van der Waals surface area contributed by atoms with Crippen LogP contribution in [0.2, 0.25) is 0 Å². The molecule has 178 valence electrons. The van der Waals surface area contributed by atoms with Crippen LogP contribution in [-0.4, -0.2) is 32.7 Å². The second-order valence-electron chi connectivity index (χ2n) is 10.6. The molecule has 2 aliphatic rings. The van der Waals surface area contributed by atoms with E-state index in [1.54, 1.807) is 6.20 Å². The molecule has 1 aliphatic heterocycles. The van der Waals surface area contributed by atoms with Gasteiger partial charge in [-0.2, -0.15) is 10.2 Å². The maximum Gasteiger partial charge on any atom is 0.237 e. The molecular weight excluding hydrogens is 446 g/mol. The molecule has 0 bridgehead atoms. The van der Waals surface area contributed by atoms with Crippen LogP contribution in [0.15, 0.2) is 16.8 Å². The number of rotatable bonds is 3. The molecule has 1 saturated heterocycles. The lowest BCUT2D eigenvalue weighted by Crippen LogP contribution is -2.34. The predicted octanol–water partition coefficient (Wildman–Crippen LogP) is 5.09. The minimum absolute atomic E-state index is 0.324. The number of nitriles is 1. The zero-order valence-electron chi connectivity index (χ0n) is 20.3. The summed E-state index contributed by atoms with van der Waals surface area (Å²) in [5.41, 5.74) is 8.08. The maximum absolute atomic E-state index is 9.74. The largest absolute Gasteiger partial charge is 0.389 e. The molecule has 8 nitrogen and oxygen atoms in total. The van der Waals surface area contributed by atoms with Gasteiger partial charge in [-0.05, 0) is 63.9 Å². The Morgan fingerprint density at radius 1 is 1.24 bits per heavy atom. The molecule has 1 fully saturated rings.